The van der Waals surface area contributed by atoms with Gasteiger partial charge in [-0.1, -0.05) is 30.3 Å². The first kappa shape index (κ1) is 13.3. The van der Waals surface area contributed by atoms with Gasteiger partial charge in [0.05, 0.1) is 19.8 Å². The molecule has 1 rings (SSSR count). The van der Waals surface area contributed by atoms with Crippen LogP contribution in [-0.4, -0.2) is 24.8 Å². The van der Waals surface area contributed by atoms with Gasteiger partial charge < -0.3 is 15.2 Å². The Morgan fingerprint density at radius 1 is 1.47 bits per heavy atom. The molecule has 0 unspecified atom stereocenters. The molecule has 0 aliphatic heterocycles. The van der Waals surface area contributed by atoms with Crippen LogP contribution in [0, 0.1) is 0 Å². The molecule has 0 aliphatic carbocycles. The van der Waals surface area contributed by atoms with E-state index in [2.05, 4.69) is 10.1 Å². The fourth-order valence-corrected chi connectivity index (χ4v) is 1.47. The highest BCUT2D eigenvalue weighted by Crippen LogP contribution is 2.13. The van der Waals surface area contributed by atoms with E-state index in [0.717, 1.165) is 5.56 Å². The summed E-state index contributed by atoms with van der Waals surface area (Å²) in [6.45, 7) is 1.71. The van der Waals surface area contributed by atoms with Gasteiger partial charge in [-0.2, -0.15) is 0 Å². The van der Waals surface area contributed by atoms with Gasteiger partial charge in [0.1, 0.15) is 0 Å². The van der Waals surface area contributed by atoms with Gasteiger partial charge in [-0.15, -0.1) is 0 Å². The summed E-state index contributed by atoms with van der Waals surface area (Å²) in [7, 11) is 1.33. The Kier molecular flexibility index (Phi) is 5.23. The molecule has 4 heteroatoms. The molecule has 4 nitrogen and oxygen atoms in total. The summed E-state index contributed by atoms with van der Waals surface area (Å²) in [4.78, 5) is 11.0. The Bertz CT molecular complexity index is 387. The molecule has 92 valence electrons. The zero-order chi connectivity index (χ0) is 12.7. The van der Waals surface area contributed by atoms with Crippen molar-refractivity contribution in [2.24, 2.45) is 0 Å². The van der Waals surface area contributed by atoms with Gasteiger partial charge in [0, 0.05) is 11.8 Å². The first-order valence-corrected chi connectivity index (χ1v) is 5.36. The van der Waals surface area contributed by atoms with Crippen LogP contribution in [0.4, 0.5) is 0 Å². The molecule has 0 radical (unpaired) electrons. The van der Waals surface area contributed by atoms with Gasteiger partial charge in [-0.3, -0.25) is 0 Å². The second kappa shape index (κ2) is 6.70. The van der Waals surface area contributed by atoms with E-state index in [9.17, 15) is 9.90 Å². The van der Waals surface area contributed by atoms with E-state index in [-0.39, 0.29) is 12.6 Å². The lowest BCUT2D eigenvalue weighted by Gasteiger charge is -2.18. The van der Waals surface area contributed by atoms with E-state index < -0.39 is 5.97 Å². The maximum absolute atomic E-state index is 11.0. The van der Waals surface area contributed by atoms with Gasteiger partial charge >= 0.3 is 5.97 Å². The molecule has 0 bridgehead atoms. The highest BCUT2D eigenvalue weighted by molar-refractivity contribution is 5.82. The molecular weight excluding hydrogens is 218 g/mol. The number of hydrogen-bond acceptors (Lipinski definition) is 4. The van der Waals surface area contributed by atoms with Crippen molar-refractivity contribution in [3.8, 4) is 0 Å². The Labute approximate surface area is 101 Å². The number of allylic oxidation sites excluding steroid dienone is 1. The number of ether oxygens (including phenoxy) is 1. The fourth-order valence-electron chi connectivity index (χ4n) is 1.47. The van der Waals surface area contributed by atoms with Crippen molar-refractivity contribution in [1.82, 2.24) is 5.32 Å². The lowest BCUT2D eigenvalue weighted by atomic mass is 10.1. The molecule has 1 atom stereocenters. The van der Waals surface area contributed by atoms with Crippen LogP contribution < -0.4 is 5.32 Å². The van der Waals surface area contributed by atoms with Crippen molar-refractivity contribution < 1.29 is 14.6 Å². The molecule has 1 aromatic carbocycles. The number of benzene rings is 1. The van der Waals surface area contributed by atoms with Crippen molar-refractivity contribution in [2.45, 2.75) is 13.0 Å². The van der Waals surface area contributed by atoms with Crippen molar-refractivity contribution >= 4 is 5.97 Å². The average Bonchev–Trinajstić information content (AvgIpc) is 2.36. The number of aliphatic hydroxyl groups excluding tert-OH is 1. The third-order valence-electron chi connectivity index (χ3n) is 2.32. The van der Waals surface area contributed by atoms with Crippen LogP contribution in [-0.2, 0) is 9.53 Å². The zero-order valence-corrected chi connectivity index (χ0v) is 10.0. The molecule has 17 heavy (non-hydrogen) atoms. The molecule has 1 aromatic rings. The largest absolute Gasteiger partial charge is 0.466 e. The Morgan fingerprint density at radius 2 is 2.12 bits per heavy atom. The van der Waals surface area contributed by atoms with Crippen LogP contribution in [0.15, 0.2) is 42.1 Å². The van der Waals surface area contributed by atoms with Crippen LogP contribution in [0.25, 0.3) is 0 Å². The maximum Gasteiger partial charge on any atom is 0.332 e. The molecule has 0 spiro atoms. The molecule has 0 amide bonds. The van der Waals surface area contributed by atoms with E-state index in [0.29, 0.717) is 5.70 Å². The van der Waals surface area contributed by atoms with Crippen molar-refractivity contribution in [1.29, 1.82) is 0 Å². The normalized spacial score (nSPS) is 13.0. The monoisotopic (exact) mass is 235 g/mol. The molecule has 0 aromatic heterocycles. The second-order valence-corrected chi connectivity index (χ2v) is 3.64. The summed E-state index contributed by atoms with van der Waals surface area (Å²) in [5.74, 6) is -0.417. The van der Waals surface area contributed by atoms with Crippen LogP contribution in [0.1, 0.15) is 18.5 Å². The Morgan fingerprint density at radius 3 is 2.65 bits per heavy atom. The van der Waals surface area contributed by atoms with Gasteiger partial charge in [-0.05, 0) is 12.5 Å². The van der Waals surface area contributed by atoms with E-state index in [4.69, 9.17) is 0 Å². The van der Waals surface area contributed by atoms with Gasteiger partial charge in [-0.25, -0.2) is 4.79 Å². The van der Waals surface area contributed by atoms with Crippen LogP contribution in [0.2, 0.25) is 0 Å². The Hall–Kier alpha value is -1.81. The number of methoxy groups -OCH3 is 1. The molecule has 2 N–H and O–H groups in total. The molecule has 0 saturated heterocycles. The minimum Gasteiger partial charge on any atom is -0.466 e. The number of carbonyl (C=O) groups excluding carboxylic acids is 1. The minimum absolute atomic E-state index is 0.0453. The lowest BCUT2D eigenvalue weighted by Crippen LogP contribution is -2.23. The number of esters is 1. The summed E-state index contributed by atoms with van der Waals surface area (Å²) in [6.07, 6.45) is 1.35. The van der Waals surface area contributed by atoms with Gasteiger partial charge in [0.2, 0.25) is 0 Å². The van der Waals surface area contributed by atoms with Crippen LogP contribution in [0.3, 0.4) is 0 Å². The highest BCUT2D eigenvalue weighted by atomic mass is 16.5. The summed E-state index contributed by atoms with van der Waals surface area (Å²) in [6, 6.07) is 9.32. The number of carbonyl (C=O) groups is 1. The molecular formula is C13H17NO3. The minimum atomic E-state index is -0.417. The third kappa shape index (κ3) is 4.28. The zero-order valence-electron chi connectivity index (χ0n) is 10.0. The van der Waals surface area contributed by atoms with Crippen molar-refractivity contribution in [3.63, 3.8) is 0 Å². The number of rotatable bonds is 5. The summed E-state index contributed by atoms with van der Waals surface area (Å²) < 4.78 is 4.52. The molecule has 0 aliphatic rings. The highest BCUT2D eigenvalue weighted by Gasteiger charge is 2.09. The van der Waals surface area contributed by atoms with Crippen molar-refractivity contribution in [2.75, 3.05) is 13.7 Å². The van der Waals surface area contributed by atoms with E-state index >= 15 is 0 Å². The summed E-state index contributed by atoms with van der Waals surface area (Å²) >= 11 is 0. The fraction of sp³-hybridized carbons (Fsp3) is 0.308. The summed E-state index contributed by atoms with van der Waals surface area (Å²) in [5, 5.41) is 12.4. The standard InChI is InChI=1S/C13H17NO3/c1-10(8-13(16)17-2)14-12(9-15)11-6-4-3-5-7-11/h3-8,12,14-15H,9H2,1-2H3/b10-8-/t12-/m1/s1. The predicted molar refractivity (Wildman–Crippen MR) is 65.2 cm³/mol. The number of aliphatic hydroxyl groups is 1. The van der Waals surface area contributed by atoms with Gasteiger partial charge in [0.25, 0.3) is 0 Å². The van der Waals surface area contributed by atoms with E-state index in [1.165, 1.54) is 13.2 Å². The van der Waals surface area contributed by atoms with Crippen LogP contribution >= 0.6 is 0 Å². The maximum atomic E-state index is 11.0. The predicted octanol–water partition coefficient (Wildman–Crippen LogP) is 1.39. The topological polar surface area (TPSA) is 58.6 Å². The smallest absolute Gasteiger partial charge is 0.332 e. The number of nitrogens with one attached hydrogen (secondary N) is 1. The molecule has 0 saturated carbocycles. The van der Waals surface area contributed by atoms with Crippen LogP contribution in [0.5, 0.6) is 0 Å². The van der Waals surface area contributed by atoms with E-state index in [1.54, 1.807) is 6.92 Å². The molecule has 0 fully saturated rings. The van der Waals surface area contributed by atoms with Crippen molar-refractivity contribution in [3.05, 3.63) is 47.7 Å². The molecule has 0 heterocycles. The first-order chi connectivity index (χ1) is 8.17. The average molecular weight is 235 g/mol. The summed E-state index contributed by atoms with van der Waals surface area (Å²) in [5.41, 5.74) is 1.62. The SMILES string of the molecule is COC(=O)/C=C(/C)N[C@H](CO)c1ccccc1. The van der Waals surface area contributed by atoms with E-state index in [1.807, 2.05) is 30.3 Å². The third-order valence-corrected chi connectivity index (χ3v) is 2.32. The number of hydrogen-bond donors (Lipinski definition) is 2. The Balaban J connectivity index is 2.71. The van der Waals surface area contributed by atoms with Gasteiger partial charge in [0.15, 0.2) is 0 Å². The lowest BCUT2D eigenvalue weighted by molar-refractivity contribution is -0.134. The first-order valence-electron chi connectivity index (χ1n) is 5.36. The second-order valence-electron chi connectivity index (χ2n) is 3.64. The quantitative estimate of drug-likeness (QED) is 0.598.